The molecule has 2 nitrogen and oxygen atoms in total. The number of ether oxygens (including phenoxy) is 1. The number of nitrogens with one attached hydrogen (secondary N) is 1. The molecule has 1 aliphatic rings. The molecule has 1 aromatic carbocycles. The lowest BCUT2D eigenvalue weighted by Gasteiger charge is -2.23. The second-order valence-corrected chi connectivity index (χ2v) is 5.93. The number of benzene rings is 1. The van der Waals surface area contributed by atoms with Crippen LogP contribution in [0.25, 0.3) is 11.1 Å². The number of hydrogen-bond donors (Lipinski definition) is 1. The summed E-state index contributed by atoms with van der Waals surface area (Å²) in [6.45, 7) is 2.05. The zero-order valence-corrected chi connectivity index (χ0v) is 11.9. The molecule has 1 atom stereocenters. The highest BCUT2D eigenvalue weighted by molar-refractivity contribution is 7.08. The molecular weight excluding hydrogens is 266 g/mol. The lowest BCUT2D eigenvalue weighted by Crippen LogP contribution is -2.44. The first kappa shape index (κ1) is 12.0. The van der Waals surface area contributed by atoms with Gasteiger partial charge in [-0.2, -0.15) is 11.3 Å². The number of hydrogen-bond acceptors (Lipinski definition) is 3. The van der Waals surface area contributed by atoms with E-state index in [2.05, 4.69) is 29.1 Å². The van der Waals surface area contributed by atoms with Gasteiger partial charge in [-0.15, -0.1) is 0 Å². The van der Waals surface area contributed by atoms with Crippen LogP contribution in [0.1, 0.15) is 12.5 Å². The van der Waals surface area contributed by atoms with E-state index in [1.54, 1.807) is 11.3 Å². The summed E-state index contributed by atoms with van der Waals surface area (Å²) in [4.78, 5) is 0. The van der Waals surface area contributed by atoms with Crippen molar-refractivity contribution in [2.24, 2.45) is 0 Å². The van der Waals surface area contributed by atoms with Crippen molar-refractivity contribution in [3.63, 3.8) is 0 Å². The summed E-state index contributed by atoms with van der Waals surface area (Å²) in [6, 6.07) is 6.06. The largest absolute Gasteiger partial charge is 0.472 e. The highest BCUT2D eigenvalue weighted by Gasteiger charge is 2.35. The van der Waals surface area contributed by atoms with Gasteiger partial charge in [0, 0.05) is 22.6 Å². The lowest BCUT2D eigenvalue weighted by atomic mass is 10.0. The molecule has 0 saturated heterocycles. The minimum atomic E-state index is -0.336. The summed E-state index contributed by atoms with van der Waals surface area (Å²) in [6.07, 6.45) is 0.830. The van der Waals surface area contributed by atoms with Crippen LogP contribution in [0.4, 0.5) is 0 Å². The van der Waals surface area contributed by atoms with Crippen molar-refractivity contribution in [1.82, 2.24) is 5.32 Å². The second-order valence-electron chi connectivity index (χ2n) is 4.71. The van der Waals surface area contributed by atoms with Crippen LogP contribution in [0.15, 0.2) is 29.0 Å². The van der Waals surface area contributed by atoms with E-state index in [1.165, 1.54) is 11.1 Å². The van der Waals surface area contributed by atoms with Crippen LogP contribution in [-0.4, -0.2) is 12.8 Å². The zero-order chi connectivity index (χ0) is 12.8. The molecule has 4 heteroatoms. The van der Waals surface area contributed by atoms with Gasteiger partial charge in [-0.3, -0.25) is 5.32 Å². The summed E-state index contributed by atoms with van der Waals surface area (Å²) in [5.74, 6) is 0.953. The van der Waals surface area contributed by atoms with Crippen molar-refractivity contribution in [3.05, 3.63) is 39.5 Å². The quantitative estimate of drug-likeness (QED) is 0.899. The average Bonchev–Trinajstić information content (AvgIpc) is 2.95. The molecule has 1 aromatic heterocycles. The van der Waals surface area contributed by atoms with Crippen molar-refractivity contribution >= 4 is 22.9 Å². The Morgan fingerprint density at radius 2 is 2.28 bits per heavy atom. The molecular formula is C14H14ClNOS. The fourth-order valence-electron chi connectivity index (χ4n) is 2.30. The summed E-state index contributed by atoms with van der Waals surface area (Å²) >= 11 is 7.89. The van der Waals surface area contributed by atoms with E-state index in [0.717, 1.165) is 22.8 Å². The van der Waals surface area contributed by atoms with Gasteiger partial charge < -0.3 is 4.74 Å². The first-order chi connectivity index (χ1) is 8.61. The number of fused-ring (bicyclic) bond motifs is 1. The van der Waals surface area contributed by atoms with Crippen LogP contribution >= 0.6 is 22.9 Å². The molecule has 0 aliphatic carbocycles. The molecule has 2 aromatic rings. The van der Waals surface area contributed by atoms with E-state index in [9.17, 15) is 0 Å². The van der Waals surface area contributed by atoms with Crippen LogP contribution in [0, 0.1) is 0 Å². The molecule has 0 amide bonds. The summed E-state index contributed by atoms with van der Waals surface area (Å²) in [7, 11) is 1.91. The Labute approximate surface area is 116 Å². The van der Waals surface area contributed by atoms with Crippen LogP contribution in [-0.2, 0) is 6.42 Å². The molecule has 18 heavy (non-hydrogen) atoms. The molecule has 0 spiro atoms. The number of halogens is 1. The molecule has 1 aliphatic heterocycles. The Morgan fingerprint density at radius 3 is 2.94 bits per heavy atom. The average molecular weight is 280 g/mol. The predicted octanol–water partition coefficient (Wildman–Crippen LogP) is 3.94. The molecule has 1 N–H and O–H groups in total. The van der Waals surface area contributed by atoms with E-state index in [1.807, 2.05) is 19.2 Å². The third-order valence-corrected chi connectivity index (χ3v) is 4.25. The smallest absolute Gasteiger partial charge is 0.162 e. The molecule has 2 heterocycles. The van der Waals surface area contributed by atoms with Crippen LogP contribution in [0.2, 0.25) is 5.02 Å². The van der Waals surface area contributed by atoms with Crippen molar-refractivity contribution < 1.29 is 4.74 Å². The number of thiophene rings is 1. The molecule has 0 saturated carbocycles. The monoisotopic (exact) mass is 279 g/mol. The molecule has 0 fully saturated rings. The van der Waals surface area contributed by atoms with E-state index < -0.39 is 0 Å². The summed E-state index contributed by atoms with van der Waals surface area (Å²) < 4.78 is 6.09. The standard InChI is InChI=1S/C14H14ClNOS/c1-14(16-2)7-10-5-11(15)6-12(13(10)17-14)9-3-4-18-8-9/h3-6,8,16H,7H2,1-2H3. The Hall–Kier alpha value is -1.03. The van der Waals surface area contributed by atoms with Gasteiger partial charge in [0.1, 0.15) is 5.75 Å². The van der Waals surface area contributed by atoms with Crippen LogP contribution in [0.5, 0.6) is 5.75 Å². The topological polar surface area (TPSA) is 21.3 Å². The lowest BCUT2D eigenvalue weighted by molar-refractivity contribution is 0.0865. The van der Waals surface area contributed by atoms with Gasteiger partial charge in [0.05, 0.1) is 0 Å². The van der Waals surface area contributed by atoms with Crippen molar-refractivity contribution in [3.8, 4) is 16.9 Å². The molecule has 0 bridgehead atoms. The van der Waals surface area contributed by atoms with E-state index in [-0.39, 0.29) is 5.72 Å². The molecule has 94 valence electrons. The van der Waals surface area contributed by atoms with Crippen molar-refractivity contribution in [2.45, 2.75) is 19.1 Å². The van der Waals surface area contributed by atoms with Crippen molar-refractivity contribution in [2.75, 3.05) is 7.05 Å². The summed E-state index contributed by atoms with van der Waals surface area (Å²) in [5.41, 5.74) is 3.08. The predicted molar refractivity (Wildman–Crippen MR) is 76.6 cm³/mol. The highest BCUT2D eigenvalue weighted by atomic mass is 35.5. The molecule has 3 rings (SSSR count). The number of likely N-dealkylation sites (N-methyl/N-ethyl adjacent to an activating group) is 1. The highest BCUT2D eigenvalue weighted by Crippen LogP contribution is 2.43. The van der Waals surface area contributed by atoms with Gasteiger partial charge in [0.25, 0.3) is 0 Å². The fraction of sp³-hybridized carbons (Fsp3) is 0.286. The normalized spacial score (nSPS) is 21.7. The second kappa shape index (κ2) is 4.26. The maximum Gasteiger partial charge on any atom is 0.162 e. The SMILES string of the molecule is CNC1(C)Cc2cc(Cl)cc(-c3ccsc3)c2O1. The Morgan fingerprint density at radius 1 is 1.44 bits per heavy atom. The zero-order valence-electron chi connectivity index (χ0n) is 10.3. The van der Waals surface area contributed by atoms with Crippen LogP contribution in [0.3, 0.4) is 0 Å². The van der Waals surface area contributed by atoms with Gasteiger partial charge in [-0.1, -0.05) is 11.6 Å². The number of rotatable bonds is 2. The van der Waals surface area contributed by atoms with E-state index in [0.29, 0.717) is 0 Å². The minimum Gasteiger partial charge on any atom is -0.472 e. The third-order valence-electron chi connectivity index (χ3n) is 3.35. The van der Waals surface area contributed by atoms with Gasteiger partial charge in [-0.25, -0.2) is 0 Å². The molecule has 0 radical (unpaired) electrons. The Kier molecular flexibility index (Phi) is 2.85. The third kappa shape index (κ3) is 1.92. The minimum absolute atomic E-state index is 0.336. The molecule has 1 unspecified atom stereocenters. The first-order valence-electron chi connectivity index (χ1n) is 5.84. The first-order valence-corrected chi connectivity index (χ1v) is 7.16. The van der Waals surface area contributed by atoms with Crippen molar-refractivity contribution in [1.29, 1.82) is 0 Å². The van der Waals surface area contributed by atoms with Gasteiger partial charge in [0.15, 0.2) is 5.72 Å². The van der Waals surface area contributed by atoms with Gasteiger partial charge in [0.2, 0.25) is 0 Å². The van der Waals surface area contributed by atoms with Crippen LogP contribution < -0.4 is 10.1 Å². The Bertz CT molecular complexity index is 582. The summed E-state index contributed by atoms with van der Waals surface area (Å²) in [5, 5.41) is 8.16. The van der Waals surface area contributed by atoms with Gasteiger partial charge >= 0.3 is 0 Å². The Balaban J connectivity index is 2.14. The maximum atomic E-state index is 6.21. The van der Waals surface area contributed by atoms with E-state index >= 15 is 0 Å². The van der Waals surface area contributed by atoms with E-state index in [4.69, 9.17) is 16.3 Å². The maximum absolute atomic E-state index is 6.21. The van der Waals surface area contributed by atoms with Gasteiger partial charge in [-0.05, 0) is 48.5 Å². The fourth-order valence-corrected chi connectivity index (χ4v) is 3.19.